The average molecular weight is 392 g/mol. The number of hydrogen-bond donors (Lipinski definition) is 2. The fraction of sp³-hybridized carbons (Fsp3) is 0.389. The molecule has 152 valence electrons. The zero-order chi connectivity index (χ0) is 20.5. The first kappa shape index (κ1) is 21.0. The minimum Gasteiger partial charge on any atom is -0.492 e. The molecule has 1 aromatic heterocycles. The molecule has 0 saturated heterocycles. The van der Waals surface area contributed by atoms with Crippen molar-refractivity contribution in [2.24, 2.45) is 0 Å². The van der Waals surface area contributed by atoms with Gasteiger partial charge in [-0.1, -0.05) is 0 Å². The Morgan fingerprint density at radius 2 is 1.79 bits per heavy atom. The van der Waals surface area contributed by atoms with E-state index in [2.05, 4.69) is 15.3 Å². The molecule has 0 unspecified atom stereocenters. The molecule has 10 nitrogen and oxygen atoms in total. The second-order valence-corrected chi connectivity index (χ2v) is 5.53. The molecule has 0 spiro atoms. The molecule has 0 radical (unpaired) electrons. The van der Waals surface area contributed by atoms with Crippen LogP contribution in [0.3, 0.4) is 0 Å². The monoisotopic (exact) mass is 392 g/mol. The van der Waals surface area contributed by atoms with Gasteiger partial charge in [-0.05, 0) is 12.1 Å². The maximum atomic E-state index is 11.7. The quantitative estimate of drug-likeness (QED) is 0.485. The molecular weight excluding hydrogens is 368 g/mol. The molecule has 1 heterocycles. The number of carbonyl (C=O) groups excluding carboxylic acids is 1. The van der Waals surface area contributed by atoms with Gasteiger partial charge >= 0.3 is 6.09 Å². The van der Waals surface area contributed by atoms with Crippen molar-refractivity contribution in [3.05, 3.63) is 29.6 Å². The van der Waals surface area contributed by atoms with Crippen LogP contribution in [-0.4, -0.2) is 57.7 Å². The SMILES string of the molecule is COCCOC(=O)Nc1nccc(Cc2cc(N)c(OC)c(OC)c2OC)n1. The van der Waals surface area contributed by atoms with Crippen LogP contribution >= 0.6 is 0 Å². The molecule has 2 aromatic rings. The van der Waals surface area contributed by atoms with Crippen molar-refractivity contribution in [3.8, 4) is 17.2 Å². The van der Waals surface area contributed by atoms with Gasteiger partial charge in [0.05, 0.1) is 39.3 Å². The molecule has 3 N–H and O–H groups in total. The van der Waals surface area contributed by atoms with Crippen LogP contribution in [0.15, 0.2) is 18.3 Å². The van der Waals surface area contributed by atoms with Gasteiger partial charge in [-0.3, -0.25) is 5.32 Å². The summed E-state index contributed by atoms with van der Waals surface area (Å²) in [6.07, 6.45) is 1.23. The first-order chi connectivity index (χ1) is 13.5. The van der Waals surface area contributed by atoms with Gasteiger partial charge in [-0.15, -0.1) is 0 Å². The van der Waals surface area contributed by atoms with E-state index in [-0.39, 0.29) is 12.6 Å². The highest BCUT2D eigenvalue weighted by molar-refractivity contribution is 5.82. The van der Waals surface area contributed by atoms with Crippen LogP contribution in [0, 0.1) is 0 Å². The number of aromatic nitrogens is 2. The second-order valence-electron chi connectivity index (χ2n) is 5.53. The molecule has 0 atom stereocenters. The fourth-order valence-corrected chi connectivity index (χ4v) is 2.54. The van der Waals surface area contributed by atoms with Gasteiger partial charge in [0.25, 0.3) is 0 Å². The molecule has 28 heavy (non-hydrogen) atoms. The summed E-state index contributed by atoms with van der Waals surface area (Å²) in [4.78, 5) is 20.1. The molecule has 0 aliphatic heterocycles. The lowest BCUT2D eigenvalue weighted by molar-refractivity contribution is 0.107. The second kappa shape index (κ2) is 10.2. The predicted molar refractivity (Wildman–Crippen MR) is 102 cm³/mol. The summed E-state index contributed by atoms with van der Waals surface area (Å²) in [5.74, 6) is 1.40. The van der Waals surface area contributed by atoms with Crippen molar-refractivity contribution >= 4 is 17.7 Å². The van der Waals surface area contributed by atoms with Crippen LogP contribution < -0.4 is 25.3 Å². The van der Waals surface area contributed by atoms with Crippen molar-refractivity contribution in [2.75, 3.05) is 52.7 Å². The van der Waals surface area contributed by atoms with E-state index < -0.39 is 6.09 Å². The van der Waals surface area contributed by atoms with Crippen molar-refractivity contribution in [1.82, 2.24) is 9.97 Å². The van der Waals surface area contributed by atoms with Gasteiger partial charge in [0.15, 0.2) is 11.5 Å². The molecule has 0 bridgehead atoms. The van der Waals surface area contributed by atoms with Crippen molar-refractivity contribution < 1.29 is 28.5 Å². The summed E-state index contributed by atoms with van der Waals surface area (Å²) in [7, 11) is 6.05. The highest BCUT2D eigenvalue weighted by Gasteiger charge is 2.20. The van der Waals surface area contributed by atoms with Gasteiger partial charge in [0.1, 0.15) is 6.61 Å². The number of carbonyl (C=O) groups is 1. The minimum absolute atomic E-state index is 0.118. The number of nitrogens with two attached hydrogens (primary N) is 1. The number of nitrogens with zero attached hydrogens (tertiary/aromatic N) is 2. The van der Waals surface area contributed by atoms with Gasteiger partial charge in [-0.2, -0.15) is 0 Å². The molecule has 1 aromatic carbocycles. The fourth-order valence-electron chi connectivity index (χ4n) is 2.54. The third kappa shape index (κ3) is 5.13. The number of ether oxygens (including phenoxy) is 5. The maximum absolute atomic E-state index is 11.7. The summed E-state index contributed by atoms with van der Waals surface area (Å²) in [6.45, 7) is 0.430. The van der Waals surface area contributed by atoms with E-state index in [9.17, 15) is 4.79 Å². The number of amides is 1. The molecule has 0 aliphatic rings. The van der Waals surface area contributed by atoms with Gasteiger partial charge < -0.3 is 29.4 Å². The van der Waals surface area contributed by atoms with E-state index in [0.29, 0.717) is 41.7 Å². The molecule has 0 saturated carbocycles. The van der Waals surface area contributed by atoms with Crippen LogP contribution in [0.1, 0.15) is 11.3 Å². The van der Waals surface area contributed by atoms with Crippen LogP contribution in [0.4, 0.5) is 16.4 Å². The first-order valence-corrected chi connectivity index (χ1v) is 8.36. The Kier molecular flexibility index (Phi) is 7.64. The van der Waals surface area contributed by atoms with Gasteiger partial charge in [-0.25, -0.2) is 14.8 Å². The van der Waals surface area contributed by atoms with Crippen molar-refractivity contribution in [1.29, 1.82) is 0 Å². The van der Waals surface area contributed by atoms with Crippen molar-refractivity contribution in [2.45, 2.75) is 6.42 Å². The minimum atomic E-state index is -0.665. The van der Waals surface area contributed by atoms with Crippen LogP contribution in [0.25, 0.3) is 0 Å². The molecule has 0 fully saturated rings. The van der Waals surface area contributed by atoms with Crippen LogP contribution in [0.2, 0.25) is 0 Å². The smallest absolute Gasteiger partial charge is 0.414 e. The van der Waals surface area contributed by atoms with Crippen LogP contribution in [-0.2, 0) is 15.9 Å². The largest absolute Gasteiger partial charge is 0.492 e. The summed E-state index contributed by atoms with van der Waals surface area (Å²) in [6, 6.07) is 3.45. The summed E-state index contributed by atoms with van der Waals surface area (Å²) in [5, 5.41) is 2.47. The summed E-state index contributed by atoms with van der Waals surface area (Å²) >= 11 is 0. The van der Waals surface area contributed by atoms with E-state index in [1.165, 1.54) is 34.6 Å². The van der Waals surface area contributed by atoms with E-state index in [0.717, 1.165) is 5.56 Å². The lowest BCUT2D eigenvalue weighted by Crippen LogP contribution is -2.18. The Labute approximate surface area is 162 Å². The van der Waals surface area contributed by atoms with Crippen LogP contribution in [0.5, 0.6) is 17.2 Å². The van der Waals surface area contributed by atoms with Gasteiger partial charge in [0.2, 0.25) is 11.7 Å². The van der Waals surface area contributed by atoms with Crippen molar-refractivity contribution in [3.63, 3.8) is 0 Å². The lowest BCUT2D eigenvalue weighted by Gasteiger charge is -2.17. The summed E-state index contributed by atoms with van der Waals surface area (Å²) < 4.78 is 25.9. The Morgan fingerprint density at radius 3 is 2.43 bits per heavy atom. The first-order valence-electron chi connectivity index (χ1n) is 8.36. The zero-order valence-corrected chi connectivity index (χ0v) is 16.3. The highest BCUT2D eigenvalue weighted by Crippen LogP contribution is 2.44. The zero-order valence-electron chi connectivity index (χ0n) is 16.3. The number of hydrogen-bond acceptors (Lipinski definition) is 9. The third-order valence-electron chi connectivity index (χ3n) is 3.73. The number of nitrogen functional groups attached to an aromatic ring is 1. The number of rotatable bonds is 9. The number of nitrogens with one attached hydrogen (secondary N) is 1. The number of anilines is 2. The molecule has 0 aliphatic carbocycles. The standard InChI is InChI=1S/C18H24N4O6/c1-24-7-8-28-18(23)22-17-20-6-5-12(21-17)9-11-10-13(19)15(26-3)16(27-4)14(11)25-2/h5-6,10H,7-9,19H2,1-4H3,(H,20,21,22,23). The van der Waals surface area contributed by atoms with Gasteiger partial charge in [0, 0.05) is 25.3 Å². The Balaban J connectivity index is 2.22. The molecule has 1 amide bonds. The number of methoxy groups -OCH3 is 4. The third-order valence-corrected chi connectivity index (χ3v) is 3.73. The highest BCUT2D eigenvalue weighted by atomic mass is 16.6. The topological polar surface area (TPSA) is 127 Å². The van der Waals surface area contributed by atoms with E-state index in [4.69, 9.17) is 29.4 Å². The molecule has 2 rings (SSSR count). The van der Waals surface area contributed by atoms with E-state index in [1.54, 1.807) is 12.1 Å². The maximum Gasteiger partial charge on any atom is 0.414 e. The normalized spacial score (nSPS) is 10.3. The Bertz CT molecular complexity index is 815. The summed E-state index contributed by atoms with van der Waals surface area (Å²) in [5.41, 5.74) is 7.84. The molecule has 10 heteroatoms. The molecular formula is C18H24N4O6. The van der Waals surface area contributed by atoms with E-state index >= 15 is 0 Å². The Morgan fingerprint density at radius 1 is 1.07 bits per heavy atom. The average Bonchev–Trinajstić information content (AvgIpc) is 2.68. The Hall–Kier alpha value is -3.27. The predicted octanol–water partition coefficient (Wildman–Crippen LogP) is 1.87. The number of benzene rings is 1. The lowest BCUT2D eigenvalue weighted by atomic mass is 10.1. The van der Waals surface area contributed by atoms with E-state index in [1.807, 2.05) is 0 Å².